The summed E-state index contributed by atoms with van der Waals surface area (Å²) in [5.74, 6) is 1.47. The third-order valence-electron chi connectivity index (χ3n) is 5.01. The first-order valence-electron chi connectivity index (χ1n) is 8.96. The summed E-state index contributed by atoms with van der Waals surface area (Å²) in [5.41, 5.74) is 3.69. The lowest BCUT2D eigenvalue weighted by Gasteiger charge is -2.21. The number of aromatic nitrogens is 4. The minimum Gasteiger partial charge on any atom is -0.339 e. The first-order valence-corrected chi connectivity index (χ1v) is 8.96. The van der Waals surface area contributed by atoms with Crippen molar-refractivity contribution in [2.45, 2.75) is 32.1 Å². The van der Waals surface area contributed by atoms with Crippen molar-refractivity contribution in [2.75, 3.05) is 18.0 Å². The summed E-state index contributed by atoms with van der Waals surface area (Å²) in [5, 5.41) is 12.4. The Hall–Kier alpha value is -2.69. The van der Waals surface area contributed by atoms with E-state index in [1.807, 2.05) is 4.68 Å². The Balaban J connectivity index is 1.54. The first-order chi connectivity index (χ1) is 12.3. The number of tetrazole rings is 1. The highest BCUT2D eigenvalue weighted by Gasteiger charge is 2.22. The molecule has 4 rings (SSSR count). The van der Waals surface area contributed by atoms with Crippen molar-refractivity contribution in [2.24, 2.45) is 0 Å². The van der Waals surface area contributed by atoms with E-state index in [4.69, 9.17) is 0 Å². The molecule has 1 aliphatic heterocycles. The molecule has 0 aliphatic carbocycles. The van der Waals surface area contributed by atoms with Gasteiger partial charge < -0.3 is 4.90 Å². The van der Waals surface area contributed by atoms with Gasteiger partial charge in [0.1, 0.15) is 0 Å². The average Bonchev–Trinajstić information content (AvgIpc) is 3.01. The maximum absolute atomic E-state index is 4.31. The quantitative estimate of drug-likeness (QED) is 0.732. The van der Waals surface area contributed by atoms with E-state index in [2.05, 4.69) is 81.9 Å². The van der Waals surface area contributed by atoms with E-state index in [-0.39, 0.29) is 0 Å². The molecule has 1 atom stereocenters. The number of anilines is 1. The van der Waals surface area contributed by atoms with Gasteiger partial charge >= 0.3 is 0 Å². The fourth-order valence-electron chi connectivity index (χ4n) is 3.59. The van der Waals surface area contributed by atoms with Crippen molar-refractivity contribution in [1.82, 2.24) is 20.2 Å². The minimum atomic E-state index is 0.620. The Labute approximate surface area is 148 Å². The monoisotopic (exact) mass is 333 g/mol. The van der Waals surface area contributed by atoms with Crippen molar-refractivity contribution < 1.29 is 0 Å². The lowest BCUT2D eigenvalue weighted by molar-refractivity contribution is 0.611. The number of rotatable bonds is 3. The van der Waals surface area contributed by atoms with Crippen molar-refractivity contribution in [3.05, 3.63) is 65.7 Å². The molecular weight excluding hydrogens is 310 g/mol. The van der Waals surface area contributed by atoms with Crippen LogP contribution in [0.15, 0.2) is 54.6 Å². The molecule has 2 aromatic carbocycles. The van der Waals surface area contributed by atoms with E-state index >= 15 is 0 Å². The second kappa shape index (κ2) is 7.05. The second-order valence-corrected chi connectivity index (χ2v) is 6.75. The largest absolute Gasteiger partial charge is 0.339 e. The van der Waals surface area contributed by atoms with Gasteiger partial charge in [-0.1, -0.05) is 53.1 Å². The molecule has 0 saturated carbocycles. The summed E-state index contributed by atoms with van der Waals surface area (Å²) in [6.45, 7) is 4.06. The molecule has 1 unspecified atom stereocenters. The molecule has 0 amide bonds. The SMILES string of the molecule is Cc1ccc(-n2nnnc2N2CCCC(c3ccccc3)CC2)cc1. The van der Waals surface area contributed by atoms with E-state index in [1.165, 1.54) is 17.5 Å². The van der Waals surface area contributed by atoms with E-state index in [0.717, 1.165) is 37.6 Å². The van der Waals surface area contributed by atoms with Crippen LogP contribution in [0.1, 0.15) is 36.3 Å². The van der Waals surface area contributed by atoms with Crippen molar-refractivity contribution in [1.29, 1.82) is 0 Å². The number of aryl methyl sites for hydroxylation is 1. The second-order valence-electron chi connectivity index (χ2n) is 6.75. The standard InChI is InChI=1S/C20H23N5/c1-16-9-11-19(12-10-16)25-20(21-22-23-25)24-14-5-8-18(13-15-24)17-6-3-2-4-7-17/h2-4,6-7,9-12,18H,5,8,13-15H2,1H3. The minimum absolute atomic E-state index is 0.620. The molecule has 0 spiro atoms. The molecule has 0 radical (unpaired) electrons. The van der Waals surface area contributed by atoms with Crippen LogP contribution in [-0.4, -0.2) is 33.3 Å². The summed E-state index contributed by atoms with van der Waals surface area (Å²) in [6.07, 6.45) is 3.50. The molecule has 5 heteroatoms. The fourth-order valence-corrected chi connectivity index (χ4v) is 3.59. The number of benzene rings is 2. The maximum atomic E-state index is 4.31. The van der Waals surface area contributed by atoms with Gasteiger partial charge in [0.2, 0.25) is 5.95 Å². The van der Waals surface area contributed by atoms with Crippen LogP contribution in [0.2, 0.25) is 0 Å². The Morgan fingerprint density at radius 2 is 1.72 bits per heavy atom. The highest BCUT2D eigenvalue weighted by Crippen LogP contribution is 2.29. The highest BCUT2D eigenvalue weighted by molar-refractivity contribution is 5.42. The predicted octanol–water partition coefficient (Wildman–Crippen LogP) is 3.74. The molecule has 3 aromatic rings. The Kier molecular flexibility index (Phi) is 4.46. The van der Waals surface area contributed by atoms with E-state index in [0.29, 0.717) is 5.92 Å². The van der Waals surface area contributed by atoms with Crippen molar-refractivity contribution >= 4 is 5.95 Å². The fraction of sp³-hybridized carbons (Fsp3) is 0.350. The van der Waals surface area contributed by atoms with Gasteiger partial charge in [-0.15, -0.1) is 0 Å². The van der Waals surface area contributed by atoms with Crippen LogP contribution >= 0.6 is 0 Å². The third kappa shape index (κ3) is 3.40. The molecule has 25 heavy (non-hydrogen) atoms. The molecule has 0 bridgehead atoms. The van der Waals surface area contributed by atoms with Crippen LogP contribution < -0.4 is 4.90 Å². The lowest BCUT2D eigenvalue weighted by atomic mass is 9.92. The zero-order valence-corrected chi connectivity index (χ0v) is 14.5. The molecule has 1 aromatic heterocycles. The van der Waals surface area contributed by atoms with E-state index in [9.17, 15) is 0 Å². The molecule has 128 valence electrons. The first kappa shape index (κ1) is 15.8. The summed E-state index contributed by atoms with van der Waals surface area (Å²) in [6, 6.07) is 19.2. The zero-order chi connectivity index (χ0) is 17.1. The van der Waals surface area contributed by atoms with Gasteiger partial charge in [-0.05, 0) is 60.2 Å². The van der Waals surface area contributed by atoms with Crippen LogP contribution in [0.3, 0.4) is 0 Å². The zero-order valence-electron chi connectivity index (χ0n) is 14.5. The smallest absolute Gasteiger partial charge is 0.250 e. The molecule has 0 N–H and O–H groups in total. The van der Waals surface area contributed by atoms with Crippen LogP contribution in [0, 0.1) is 6.92 Å². The summed E-state index contributed by atoms with van der Waals surface area (Å²) < 4.78 is 1.85. The van der Waals surface area contributed by atoms with Crippen molar-refractivity contribution in [3.8, 4) is 5.69 Å². The van der Waals surface area contributed by atoms with Gasteiger partial charge in [0.15, 0.2) is 0 Å². The molecule has 5 nitrogen and oxygen atoms in total. The normalized spacial score (nSPS) is 18.1. The van der Waals surface area contributed by atoms with Crippen molar-refractivity contribution in [3.63, 3.8) is 0 Å². The van der Waals surface area contributed by atoms with Crippen LogP contribution in [-0.2, 0) is 0 Å². The Morgan fingerprint density at radius 3 is 2.52 bits per heavy atom. The topological polar surface area (TPSA) is 46.8 Å². The molecule has 2 heterocycles. The third-order valence-corrected chi connectivity index (χ3v) is 5.01. The van der Waals surface area contributed by atoms with Gasteiger partial charge in [0, 0.05) is 13.1 Å². The maximum Gasteiger partial charge on any atom is 0.250 e. The van der Waals surface area contributed by atoms with Crippen LogP contribution in [0.4, 0.5) is 5.95 Å². The lowest BCUT2D eigenvalue weighted by Crippen LogP contribution is -2.27. The van der Waals surface area contributed by atoms with E-state index in [1.54, 1.807) is 0 Å². The van der Waals surface area contributed by atoms with Gasteiger partial charge in [0.25, 0.3) is 0 Å². The van der Waals surface area contributed by atoms with Gasteiger partial charge in [-0.3, -0.25) is 0 Å². The molecule has 1 saturated heterocycles. The molecule has 1 aliphatic rings. The van der Waals surface area contributed by atoms with Gasteiger partial charge in [-0.2, -0.15) is 4.68 Å². The summed E-state index contributed by atoms with van der Waals surface area (Å²) >= 11 is 0. The summed E-state index contributed by atoms with van der Waals surface area (Å²) in [7, 11) is 0. The number of hydrogen-bond acceptors (Lipinski definition) is 4. The van der Waals surface area contributed by atoms with Gasteiger partial charge in [0.05, 0.1) is 5.69 Å². The van der Waals surface area contributed by atoms with Gasteiger partial charge in [-0.25, -0.2) is 0 Å². The van der Waals surface area contributed by atoms with Crippen LogP contribution in [0.5, 0.6) is 0 Å². The molecular formula is C20H23N5. The summed E-state index contributed by atoms with van der Waals surface area (Å²) in [4.78, 5) is 2.32. The predicted molar refractivity (Wildman–Crippen MR) is 99.1 cm³/mol. The highest BCUT2D eigenvalue weighted by atomic mass is 15.6. The number of hydrogen-bond donors (Lipinski definition) is 0. The number of nitrogens with zero attached hydrogens (tertiary/aromatic N) is 5. The van der Waals surface area contributed by atoms with E-state index < -0.39 is 0 Å². The average molecular weight is 333 g/mol. The van der Waals surface area contributed by atoms with Crippen LogP contribution in [0.25, 0.3) is 5.69 Å². The Bertz CT molecular complexity index is 810. The Morgan fingerprint density at radius 1 is 0.920 bits per heavy atom. The molecule has 1 fully saturated rings.